The van der Waals surface area contributed by atoms with Gasteiger partial charge in [-0.1, -0.05) is 154 Å². The number of rotatable bonds is 37. The molecule has 3 aliphatic heterocycles. The van der Waals surface area contributed by atoms with Crippen LogP contribution in [0.5, 0.6) is 0 Å². The normalized spacial score (nSPS) is 32.9. The minimum absolute atomic E-state index is 0.247. The van der Waals surface area contributed by atoms with Gasteiger partial charge in [0.2, 0.25) is 5.91 Å². The average Bonchev–Trinajstić information content (AvgIpc) is 3.34. The summed E-state index contributed by atoms with van der Waals surface area (Å²) in [7, 11) is 0. The molecule has 12 N–H and O–H groups in total. The number of unbranched alkanes of at least 4 members (excludes halogenated alkanes) is 21. The Morgan fingerprint density at radius 1 is 0.507 bits per heavy atom. The molecule has 1 amide bonds. The lowest BCUT2D eigenvalue weighted by molar-refractivity contribution is -0.379. The molecule has 69 heavy (non-hydrogen) atoms. The Bertz CT molecular complexity index is 1330. The maximum atomic E-state index is 13.2. The van der Waals surface area contributed by atoms with Crippen molar-refractivity contribution in [2.45, 2.75) is 272 Å². The number of aliphatic hydroxyl groups excluding tert-OH is 11. The van der Waals surface area contributed by atoms with Crippen molar-refractivity contribution in [2.24, 2.45) is 0 Å². The lowest BCUT2D eigenvalue weighted by Gasteiger charge is -2.48. The average molecular weight is 996 g/mol. The molecular weight excluding hydrogens is 903 g/mol. The number of ether oxygens (including phenoxy) is 6. The lowest BCUT2D eigenvalue weighted by atomic mass is 9.96. The molecule has 0 aliphatic carbocycles. The first-order valence-electron chi connectivity index (χ1n) is 26.4. The summed E-state index contributed by atoms with van der Waals surface area (Å²) in [4.78, 5) is 13.2. The van der Waals surface area contributed by atoms with E-state index in [4.69, 9.17) is 28.4 Å². The minimum Gasteiger partial charge on any atom is -0.394 e. The molecule has 3 rings (SSSR count). The molecule has 19 heteroatoms. The Kier molecular flexibility index (Phi) is 31.9. The zero-order valence-electron chi connectivity index (χ0n) is 41.5. The second-order valence-corrected chi connectivity index (χ2v) is 19.3. The van der Waals surface area contributed by atoms with Crippen LogP contribution < -0.4 is 5.32 Å². The fraction of sp³-hybridized carbons (Fsp3) is 0.940. The number of hydrogen-bond donors (Lipinski definition) is 12. The van der Waals surface area contributed by atoms with Crippen molar-refractivity contribution >= 4 is 5.91 Å². The lowest BCUT2D eigenvalue weighted by Crippen LogP contribution is -2.66. The number of carbonyl (C=O) groups is 1. The van der Waals surface area contributed by atoms with Crippen molar-refractivity contribution in [2.75, 3.05) is 26.4 Å². The van der Waals surface area contributed by atoms with Gasteiger partial charge in [-0.25, -0.2) is 0 Å². The SMILES string of the molecule is CCCCCCCCCCCCCC/C=C/C(O)C(COC1OC(CO)C(OC2OC(CO)C(OC3OC(CO)C(O)C(O)C3O)C(O)C2O)C(O)C1O)NC(=O)CCCCCCCCCCCC. The third kappa shape index (κ3) is 21.5. The monoisotopic (exact) mass is 996 g/mol. The minimum atomic E-state index is -1.97. The third-order valence-electron chi connectivity index (χ3n) is 13.6. The molecule has 3 heterocycles. The van der Waals surface area contributed by atoms with E-state index in [9.17, 15) is 61.0 Å². The van der Waals surface area contributed by atoms with E-state index in [1.54, 1.807) is 6.08 Å². The highest BCUT2D eigenvalue weighted by atomic mass is 16.8. The fourth-order valence-corrected chi connectivity index (χ4v) is 9.13. The van der Waals surface area contributed by atoms with E-state index in [1.165, 1.54) is 96.3 Å². The highest BCUT2D eigenvalue weighted by molar-refractivity contribution is 5.76. The van der Waals surface area contributed by atoms with Gasteiger partial charge in [0.25, 0.3) is 0 Å². The number of nitrogens with one attached hydrogen (secondary N) is 1. The van der Waals surface area contributed by atoms with Gasteiger partial charge in [0.15, 0.2) is 18.9 Å². The molecule has 17 unspecified atom stereocenters. The second kappa shape index (κ2) is 35.6. The Morgan fingerprint density at radius 3 is 1.36 bits per heavy atom. The van der Waals surface area contributed by atoms with Gasteiger partial charge >= 0.3 is 0 Å². The Labute approximate surface area is 410 Å². The van der Waals surface area contributed by atoms with Crippen LogP contribution in [0.15, 0.2) is 12.2 Å². The van der Waals surface area contributed by atoms with E-state index in [1.807, 2.05) is 6.08 Å². The van der Waals surface area contributed by atoms with E-state index in [0.717, 1.165) is 44.9 Å². The molecule has 0 saturated carbocycles. The third-order valence-corrected chi connectivity index (χ3v) is 13.6. The zero-order valence-corrected chi connectivity index (χ0v) is 41.5. The zero-order chi connectivity index (χ0) is 50.6. The van der Waals surface area contributed by atoms with Crippen molar-refractivity contribution < 1.29 is 89.4 Å². The van der Waals surface area contributed by atoms with Gasteiger partial charge in [0.1, 0.15) is 73.2 Å². The van der Waals surface area contributed by atoms with Gasteiger partial charge in [0, 0.05) is 6.42 Å². The molecule has 0 spiro atoms. The number of aliphatic hydroxyl groups is 11. The summed E-state index contributed by atoms with van der Waals surface area (Å²) >= 11 is 0. The molecule has 0 aromatic rings. The van der Waals surface area contributed by atoms with Crippen LogP contribution in [-0.4, -0.2) is 193 Å². The summed E-state index contributed by atoms with van der Waals surface area (Å²) in [6.45, 7) is 1.67. The Balaban J connectivity index is 1.56. The summed E-state index contributed by atoms with van der Waals surface area (Å²) < 4.78 is 34.1. The maximum absolute atomic E-state index is 13.2. The first-order valence-corrected chi connectivity index (χ1v) is 26.4. The van der Waals surface area contributed by atoms with Crippen LogP contribution in [0.2, 0.25) is 0 Å². The molecule has 3 fully saturated rings. The summed E-state index contributed by atoms with van der Waals surface area (Å²) in [5.74, 6) is -0.279. The van der Waals surface area contributed by atoms with Crippen molar-refractivity contribution in [1.29, 1.82) is 0 Å². The quantitative estimate of drug-likeness (QED) is 0.0314. The summed E-state index contributed by atoms with van der Waals surface area (Å²) in [5.41, 5.74) is 0. The van der Waals surface area contributed by atoms with Crippen LogP contribution in [0.4, 0.5) is 0 Å². The van der Waals surface area contributed by atoms with Gasteiger partial charge in [-0.2, -0.15) is 0 Å². The van der Waals surface area contributed by atoms with Crippen molar-refractivity contribution in [3.63, 3.8) is 0 Å². The number of allylic oxidation sites excluding steroid dienone is 1. The largest absolute Gasteiger partial charge is 0.394 e. The van der Waals surface area contributed by atoms with Crippen LogP contribution in [0, 0.1) is 0 Å². The van der Waals surface area contributed by atoms with Crippen molar-refractivity contribution in [3.05, 3.63) is 12.2 Å². The predicted molar refractivity (Wildman–Crippen MR) is 254 cm³/mol. The number of carbonyl (C=O) groups excluding carboxylic acids is 1. The molecule has 0 aromatic heterocycles. The van der Waals surface area contributed by atoms with Gasteiger partial charge in [0.05, 0.1) is 38.6 Å². The van der Waals surface area contributed by atoms with Crippen LogP contribution in [0.3, 0.4) is 0 Å². The molecular formula is C50H93NO18. The topological polar surface area (TPSA) is 307 Å². The Hall–Kier alpha value is -1.47. The van der Waals surface area contributed by atoms with Crippen LogP contribution in [0.1, 0.15) is 168 Å². The summed E-state index contributed by atoms with van der Waals surface area (Å²) in [6.07, 6.45) is 3.60. The summed E-state index contributed by atoms with van der Waals surface area (Å²) in [5, 5.41) is 120. The van der Waals surface area contributed by atoms with Gasteiger partial charge in [-0.3, -0.25) is 4.79 Å². The first-order chi connectivity index (χ1) is 33.3. The van der Waals surface area contributed by atoms with Gasteiger partial charge in [-0.15, -0.1) is 0 Å². The number of hydrogen-bond acceptors (Lipinski definition) is 18. The van der Waals surface area contributed by atoms with E-state index < -0.39 is 124 Å². The van der Waals surface area contributed by atoms with E-state index in [0.29, 0.717) is 6.42 Å². The highest BCUT2D eigenvalue weighted by Crippen LogP contribution is 2.33. The predicted octanol–water partition coefficient (Wildman–Crippen LogP) is 2.26. The van der Waals surface area contributed by atoms with E-state index in [-0.39, 0.29) is 18.9 Å². The van der Waals surface area contributed by atoms with Crippen LogP contribution >= 0.6 is 0 Å². The molecule has 3 saturated heterocycles. The van der Waals surface area contributed by atoms with Crippen LogP contribution in [0.25, 0.3) is 0 Å². The number of amides is 1. The molecule has 17 atom stereocenters. The van der Waals surface area contributed by atoms with Gasteiger partial charge in [-0.05, 0) is 19.3 Å². The van der Waals surface area contributed by atoms with Crippen molar-refractivity contribution in [1.82, 2.24) is 5.32 Å². The molecule has 0 bridgehead atoms. The highest BCUT2D eigenvalue weighted by Gasteiger charge is 2.53. The van der Waals surface area contributed by atoms with Crippen LogP contribution in [-0.2, 0) is 33.2 Å². The smallest absolute Gasteiger partial charge is 0.220 e. The van der Waals surface area contributed by atoms with Gasteiger partial charge < -0.3 is 89.9 Å². The molecule has 3 aliphatic rings. The molecule has 0 radical (unpaired) electrons. The fourth-order valence-electron chi connectivity index (χ4n) is 9.13. The Morgan fingerprint density at radius 2 is 0.899 bits per heavy atom. The van der Waals surface area contributed by atoms with E-state index >= 15 is 0 Å². The summed E-state index contributed by atoms with van der Waals surface area (Å²) in [6, 6.07) is -0.964. The second-order valence-electron chi connectivity index (χ2n) is 19.3. The van der Waals surface area contributed by atoms with Crippen molar-refractivity contribution in [3.8, 4) is 0 Å². The molecule has 406 valence electrons. The first kappa shape index (κ1) is 61.8. The standard InChI is InChI=1S/C50H93NO18/c1-3-5-7-9-11-13-15-16-17-18-19-21-23-25-27-34(55)33(51-38(56)28-26-24-22-20-14-12-10-8-6-4-2)32-64-48-44(62)41(59)46(36(30-53)66-48)69-50-45(63)42(60)47(37(31-54)67-50)68-49-43(61)40(58)39(57)35(29-52)65-49/h25,27,33-37,39-50,52-55,57-63H,3-24,26,28-32H2,1-2H3,(H,51,56)/b27-25+. The molecule has 0 aromatic carbocycles. The maximum Gasteiger partial charge on any atom is 0.220 e. The van der Waals surface area contributed by atoms with E-state index in [2.05, 4.69) is 19.2 Å². The molecule has 19 nitrogen and oxygen atoms in total.